The van der Waals surface area contributed by atoms with Gasteiger partial charge in [0.25, 0.3) is 0 Å². The molecule has 124 valence electrons. The summed E-state index contributed by atoms with van der Waals surface area (Å²) in [7, 11) is 0. The summed E-state index contributed by atoms with van der Waals surface area (Å²) in [6.07, 6.45) is 0.151. The van der Waals surface area contributed by atoms with E-state index in [2.05, 4.69) is 0 Å². The lowest BCUT2D eigenvalue weighted by Gasteiger charge is -2.16. The number of rotatable bonds is 5. The monoisotopic (exact) mass is 328 g/mol. The second kappa shape index (κ2) is 6.70. The SMILES string of the molecule is NC(=O)[C@H]1CC(=O)N(c2ccc(OCc3ccc(F)cc3)cc2)C1. The molecule has 0 radical (unpaired) electrons. The van der Waals surface area contributed by atoms with Crippen molar-refractivity contribution in [3.8, 4) is 5.75 Å². The molecule has 1 fully saturated rings. The van der Waals surface area contributed by atoms with Crippen molar-refractivity contribution in [3.05, 3.63) is 59.9 Å². The molecule has 1 atom stereocenters. The molecule has 0 unspecified atom stereocenters. The van der Waals surface area contributed by atoms with Crippen LogP contribution in [0.5, 0.6) is 5.75 Å². The molecular weight excluding hydrogens is 311 g/mol. The number of anilines is 1. The number of halogens is 1. The highest BCUT2D eigenvalue weighted by atomic mass is 19.1. The van der Waals surface area contributed by atoms with Gasteiger partial charge in [-0.25, -0.2) is 4.39 Å². The molecule has 1 heterocycles. The average Bonchev–Trinajstić information content (AvgIpc) is 2.97. The first-order valence-electron chi connectivity index (χ1n) is 7.60. The molecular formula is C18H17FN2O3. The zero-order valence-corrected chi connectivity index (χ0v) is 12.9. The molecule has 0 saturated carbocycles. The minimum Gasteiger partial charge on any atom is -0.489 e. The Morgan fingerprint density at radius 2 is 1.83 bits per heavy atom. The third-order valence-corrected chi connectivity index (χ3v) is 3.99. The van der Waals surface area contributed by atoms with Crippen LogP contribution < -0.4 is 15.4 Å². The number of benzene rings is 2. The highest BCUT2D eigenvalue weighted by Crippen LogP contribution is 2.27. The summed E-state index contributed by atoms with van der Waals surface area (Å²) >= 11 is 0. The van der Waals surface area contributed by atoms with E-state index < -0.39 is 11.8 Å². The van der Waals surface area contributed by atoms with Gasteiger partial charge in [0.2, 0.25) is 11.8 Å². The Labute approximate surface area is 138 Å². The highest BCUT2D eigenvalue weighted by molar-refractivity contribution is 6.00. The van der Waals surface area contributed by atoms with Crippen LogP contribution in [0.2, 0.25) is 0 Å². The van der Waals surface area contributed by atoms with Crippen molar-refractivity contribution in [2.45, 2.75) is 13.0 Å². The van der Waals surface area contributed by atoms with Crippen molar-refractivity contribution >= 4 is 17.5 Å². The standard InChI is InChI=1S/C18H17FN2O3/c19-14-3-1-12(2-4-14)11-24-16-7-5-15(6-8-16)21-10-13(18(20)23)9-17(21)22/h1-8,13H,9-11H2,(H2,20,23)/t13-/m0/s1. The molecule has 2 amide bonds. The maximum atomic E-state index is 12.8. The molecule has 0 aliphatic carbocycles. The number of hydrogen-bond donors (Lipinski definition) is 1. The maximum Gasteiger partial charge on any atom is 0.227 e. The van der Waals surface area contributed by atoms with Crippen LogP contribution in [0.1, 0.15) is 12.0 Å². The van der Waals surface area contributed by atoms with Crippen LogP contribution in [-0.2, 0) is 16.2 Å². The average molecular weight is 328 g/mol. The Morgan fingerprint density at radius 1 is 1.17 bits per heavy atom. The number of carbonyl (C=O) groups is 2. The van der Waals surface area contributed by atoms with Gasteiger partial charge in [0.15, 0.2) is 0 Å². The quantitative estimate of drug-likeness (QED) is 0.915. The fraction of sp³-hybridized carbons (Fsp3) is 0.222. The van der Waals surface area contributed by atoms with Crippen molar-refractivity contribution in [1.82, 2.24) is 0 Å². The number of carbonyl (C=O) groups excluding carboxylic acids is 2. The second-order valence-electron chi connectivity index (χ2n) is 5.72. The third kappa shape index (κ3) is 3.53. The molecule has 3 rings (SSSR count). The molecule has 0 bridgehead atoms. The van der Waals surface area contributed by atoms with E-state index in [-0.39, 0.29) is 18.1 Å². The second-order valence-corrected chi connectivity index (χ2v) is 5.72. The number of nitrogens with zero attached hydrogens (tertiary/aromatic N) is 1. The first-order valence-corrected chi connectivity index (χ1v) is 7.60. The van der Waals surface area contributed by atoms with Gasteiger partial charge in [-0.1, -0.05) is 12.1 Å². The van der Waals surface area contributed by atoms with E-state index in [9.17, 15) is 14.0 Å². The number of nitrogens with two attached hydrogens (primary N) is 1. The third-order valence-electron chi connectivity index (χ3n) is 3.99. The first-order chi connectivity index (χ1) is 11.5. The molecule has 24 heavy (non-hydrogen) atoms. The molecule has 5 nitrogen and oxygen atoms in total. The molecule has 1 aliphatic rings. The van der Waals surface area contributed by atoms with E-state index in [0.717, 1.165) is 5.56 Å². The van der Waals surface area contributed by atoms with Gasteiger partial charge in [-0.05, 0) is 42.0 Å². The maximum absolute atomic E-state index is 12.8. The zero-order valence-electron chi connectivity index (χ0n) is 12.9. The van der Waals surface area contributed by atoms with E-state index in [1.165, 1.54) is 12.1 Å². The summed E-state index contributed by atoms with van der Waals surface area (Å²) in [4.78, 5) is 24.7. The highest BCUT2D eigenvalue weighted by Gasteiger charge is 2.33. The summed E-state index contributed by atoms with van der Waals surface area (Å²) in [6.45, 7) is 0.635. The Kier molecular flexibility index (Phi) is 4.46. The van der Waals surface area contributed by atoms with Gasteiger partial charge in [0.05, 0.1) is 5.92 Å². The van der Waals surface area contributed by atoms with Crippen molar-refractivity contribution in [3.63, 3.8) is 0 Å². The van der Waals surface area contributed by atoms with Crippen molar-refractivity contribution in [2.75, 3.05) is 11.4 Å². The summed E-state index contributed by atoms with van der Waals surface area (Å²) in [6, 6.07) is 13.1. The number of amides is 2. The van der Waals surface area contributed by atoms with Crippen LogP contribution in [0, 0.1) is 11.7 Å². The van der Waals surface area contributed by atoms with Crippen LogP contribution >= 0.6 is 0 Å². The van der Waals surface area contributed by atoms with Gasteiger partial charge >= 0.3 is 0 Å². The Hall–Kier alpha value is -2.89. The van der Waals surface area contributed by atoms with Crippen molar-refractivity contribution in [2.24, 2.45) is 11.7 Å². The smallest absolute Gasteiger partial charge is 0.227 e. The molecule has 0 spiro atoms. The fourth-order valence-corrected chi connectivity index (χ4v) is 2.62. The summed E-state index contributed by atoms with van der Waals surface area (Å²) < 4.78 is 18.5. The van der Waals surface area contributed by atoms with Crippen molar-refractivity contribution < 1.29 is 18.7 Å². The van der Waals surface area contributed by atoms with Gasteiger partial charge in [0.1, 0.15) is 18.2 Å². The summed E-state index contributed by atoms with van der Waals surface area (Å²) in [5, 5.41) is 0. The van der Waals surface area contributed by atoms with E-state index in [0.29, 0.717) is 24.6 Å². The van der Waals surface area contributed by atoms with E-state index in [1.807, 2.05) is 0 Å². The Bertz CT molecular complexity index is 744. The normalized spacial score (nSPS) is 17.1. The number of hydrogen-bond acceptors (Lipinski definition) is 3. The van der Waals surface area contributed by atoms with Gasteiger partial charge in [0, 0.05) is 18.7 Å². The molecule has 6 heteroatoms. The van der Waals surface area contributed by atoms with E-state index >= 15 is 0 Å². The number of ether oxygens (including phenoxy) is 1. The van der Waals surface area contributed by atoms with Crippen LogP contribution in [0.25, 0.3) is 0 Å². The van der Waals surface area contributed by atoms with Gasteiger partial charge < -0.3 is 15.4 Å². The zero-order chi connectivity index (χ0) is 17.1. The lowest BCUT2D eigenvalue weighted by molar-refractivity contribution is -0.123. The molecule has 2 N–H and O–H groups in total. The van der Waals surface area contributed by atoms with Crippen LogP contribution in [-0.4, -0.2) is 18.4 Å². The van der Waals surface area contributed by atoms with Crippen LogP contribution in [0.3, 0.4) is 0 Å². The van der Waals surface area contributed by atoms with Gasteiger partial charge in [-0.2, -0.15) is 0 Å². The predicted octanol–water partition coefficient (Wildman–Crippen LogP) is 2.24. The lowest BCUT2D eigenvalue weighted by Crippen LogP contribution is -2.28. The molecule has 1 aliphatic heterocycles. The van der Waals surface area contributed by atoms with Gasteiger partial charge in [-0.15, -0.1) is 0 Å². The lowest BCUT2D eigenvalue weighted by atomic mass is 10.1. The predicted molar refractivity (Wildman–Crippen MR) is 86.8 cm³/mol. The molecule has 0 aromatic heterocycles. The number of primary amides is 1. The minimum absolute atomic E-state index is 0.112. The molecule has 2 aromatic carbocycles. The van der Waals surface area contributed by atoms with E-state index in [1.54, 1.807) is 41.3 Å². The fourth-order valence-electron chi connectivity index (χ4n) is 2.62. The first kappa shape index (κ1) is 16.0. The Morgan fingerprint density at radius 3 is 2.42 bits per heavy atom. The summed E-state index contributed by atoms with van der Waals surface area (Å²) in [5.41, 5.74) is 6.83. The topological polar surface area (TPSA) is 72.6 Å². The van der Waals surface area contributed by atoms with Gasteiger partial charge in [-0.3, -0.25) is 9.59 Å². The van der Waals surface area contributed by atoms with Crippen LogP contribution in [0.15, 0.2) is 48.5 Å². The van der Waals surface area contributed by atoms with E-state index in [4.69, 9.17) is 10.5 Å². The molecule has 2 aromatic rings. The van der Waals surface area contributed by atoms with Crippen molar-refractivity contribution in [1.29, 1.82) is 0 Å². The van der Waals surface area contributed by atoms with Crippen LogP contribution in [0.4, 0.5) is 10.1 Å². The summed E-state index contributed by atoms with van der Waals surface area (Å²) in [5.74, 6) is -0.649. The Balaban J connectivity index is 1.62. The molecule has 1 saturated heterocycles. The minimum atomic E-state index is -0.454. The largest absolute Gasteiger partial charge is 0.489 e.